The van der Waals surface area contributed by atoms with Crippen molar-refractivity contribution in [2.45, 2.75) is 26.3 Å². The van der Waals surface area contributed by atoms with Crippen molar-refractivity contribution in [1.29, 1.82) is 0 Å². The number of halogens is 3. The van der Waals surface area contributed by atoms with E-state index in [-0.39, 0.29) is 24.4 Å². The summed E-state index contributed by atoms with van der Waals surface area (Å²) in [5.41, 5.74) is 1.66. The molecule has 0 spiro atoms. The third kappa shape index (κ3) is 6.31. The second kappa shape index (κ2) is 9.83. The quantitative estimate of drug-likeness (QED) is 0.529. The van der Waals surface area contributed by atoms with Gasteiger partial charge >= 0.3 is 0 Å². The van der Waals surface area contributed by atoms with E-state index in [0.717, 1.165) is 6.42 Å². The van der Waals surface area contributed by atoms with Crippen LogP contribution in [-0.4, -0.2) is 24.4 Å². The summed E-state index contributed by atoms with van der Waals surface area (Å²) in [4.78, 5) is 24.1. The van der Waals surface area contributed by atoms with E-state index in [0.29, 0.717) is 32.0 Å². The van der Waals surface area contributed by atoms with Crippen LogP contribution in [-0.2, 0) is 4.79 Å². The molecule has 0 saturated carbocycles. The molecule has 1 atom stereocenters. The zero-order valence-corrected chi connectivity index (χ0v) is 17.2. The first kappa shape index (κ1) is 21.4. The first-order valence-corrected chi connectivity index (χ1v) is 9.52. The number of carbonyl (C=O) groups is 2. The molecule has 0 saturated heterocycles. The number of hydrogen-bond acceptors (Lipinski definition) is 3. The van der Waals surface area contributed by atoms with Gasteiger partial charge in [-0.2, -0.15) is 0 Å². The standard InChI is InChI=1S/C19H20Cl3N3O2/c1-3-11(2)24-19(27)12-4-6-13(7-5-12)23-10-18(26)25-17-9-15(21)14(20)8-16(17)22/h4-9,11,23H,3,10H2,1-2H3,(H,24,27)(H,25,26). The molecule has 0 aromatic heterocycles. The van der Waals surface area contributed by atoms with Crippen molar-refractivity contribution in [3.63, 3.8) is 0 Å². The Morgan fingerprint density at radius 1 is 1.00 bits per heavy atom. The van der Waals surface area contributed by atoms with E-state index in [4.69, 9.17) is 34.8 Å². The fraction of sp³-hybridized carbons (Fsp3) is 0.263. The lowest BCUT2D eigenvalue weighted by Crippen LogP contribution is -2.31. The zero-order chi connectivity index (χ0) is 20.0. The van der Waals surface area contributed by atoms with Gasteiger partial charge in [0.1, 0.15) is 0 Å². The number of carbonyl (C=O) groups excluding carboxylic acids is 2. The molecule has 1 unspecified atom stereocenters. The molecule has 2 amide bonds. The van der Waals surface area contributed by atoms with Gasteiger partial charge in [0.25, 0.3) is 5.91 Å². The van der Waals surface area contributed by atoms with Gasteiger partial charge in [0.2, 0.25) is 5.91 Å². The molecular weight excluding hydrogens is 409 g/mol. The highest BCUT2D eigenvalue weighted by Gasteiger charge is 2.10. The Bertz CT molecular complexity index is 826. The summed E-state index contributed by atoms with van der Waals surface area (Å²) in [7, 11) is 0. The molecule has 0 bridgehead atoms. The molecule has 2 rings (SSSR count). The number of benzene rings is 2. The summed E-state index contributed by atoms with van der Waals surface area (Å²) in [6.07, 6.45) is 0.864. The van der Waals surface area contributed by atoms with Gasteiger partial charge in [-0.25, -0.2) is 0 Å². The molecule has 8 heteroatoms. The minimum atomic E-state index is -0.297. The maximum Gasteiger partial charge on any atom is 0.251 e. The average molecular weight is 429 g/mol. The molecule has 0 radical (unpaired) electrons. The van der Waals surface area contributed by atoms with Crippen molar-refractivity contribution < 1.29 is 9.59 Å². The topological polar surface area (TPSA) is 70.2 Å². The Hall–Kier alpha value is -1.95. The lowest BCUT2D eigenvalue weighted by atomic mass is 10.1. The Balaban J connectivity index is 1.90. The van der Waals surface area contributed by atoms with Gasteiger partial charge in [0.15, 0.2) is 0 Å². The molecule has 144 valence electrons. The van der Waals surface area contributed by atoms with Crippen LogP contribution in [0.1, 0.15) is 30.6 Å². The van der Waals surface area contributed by atoms with E-state index in [1.807, 2.05) is 13.8 Å². The van der Waals surface area contributed by atoms with E-state index in [9.17, 15) is 9.59 Å². The van der Waals surface area contributed by atoms with Crippen LogP contribution in [0.25, 0.3) is 0 Å². The number of anilines is 2. The van der Waals surface area contributed by atoms with E-state index in [1.54, 1.807) is 24.3 Å². The van der Waals surface area contributed by atoms with Gasteiger partial charge in [-0.3, -0.25) is 9.59 Å². The molecule has 5 nitrogen and oxygen atoms in total. The second-order valence-corrected chi connectivity index (χ2v) is 7.23. The van der Waals surface area contributed by atoms with Gasteiger partial charge in [-0.05, 0) is 49.7 Å². The smallest absolute Gasteiger partial charge is 0.251 e. The van der Waals surface area contributed by atoms with Crippen LogP contribution >= 0.6 is 34.8 Å². The van der Waals surface area contributed by atoms with E-state index >= 15 is 0 Å². The van der Waals surface area contributed by atoms with Crippen LogP contribution in [0.15, 0.2) is 36.4 Å². The predicted octanol–water partition coefficient (Wildman–Crippen LogP) is 5.23. The van der Waals surface area contributed by atoms with Gasteiger partial charge in [0.05, 0.1) is 27.3 Å². The third-order valence-electron chi connectivity index (χ3n) is 3.87. The second-order valence-electron chi connectivity index (χ2n) is 6.01. The Morgan fingerprint density at radius 3 is 2.26 bits per heavy atom. The van der Waals surface area contributed by atoms with Crippen molar-refractivity contribution in [2.24, 2.45) is 0 Å². The SMILES string of the molecule is CCC(C)NC(=O)c1ccc(NCC(=O)Nc2cc(Cl)c(Cl)cc2Cl)cc1. The number of amides is 2. The largest absolute Gasteiger partial charge is 0.376 e. The molecule has 0 aliphatic carbocycles. The van der Waals surface area contributed by atoms with E-state index < -0.39 is 0 Å². The van der Waals surface area contributed by atoms with Gasteiger partial charge in [-0.1, -0.05) is 41.7 Å². The summed E-state index contributed by atoms with van der Waals surface area (Å²) in [6, 6.07) is 9.97. The molecule has 0 aliphatic heterocycles. The van der Waals surface area contributed by atoms with Crippen LogP contribution in [0.4, 0.5) is 11.4 Å². The summed E-state index contributed by atoms with van der Waals surface area (Å²) in [6.45, 7) is 3.98. The summed E-state index contributed by atoms with van der Waals surface area (Å²) in [5.74, 6) is -0.420. The first-order chi connectivity index (χ1) is 12.8. The molecule has 2 aromatic rings. The van der Waals surface area contributed by atoms with Crippen molar-refractivity contribution >= 4 is 58.0 Å². The predicted molar refractivity (Wildman–Crippen MR) is 112 cm³/mol. The maximum atomic E-state index is 12.1. The summed E-state index contributed by atoms with van der Waals surface area (Å²) in [5, 5.41) is 9.47. The van der Waals surface area contributed by atoms with Crippen molar-refractivity contribution in [3.05, 3.63) is 57.0 Å². The molecule has 2 aromatic carbocycles. The number of hydrogen-bond donors (Lipinski definition) is 3. The van der Waals surface area contributed by atoms with Gasteiger partial charge in [-0.15, -0.1) is 0 Å². The lowest BCUT2D eigenvalue weighted by Gasteiger charge is -2.12. The van der Waals surface area contributed by atoms with Crippen molar-refractivity contribution in [3.8, 4) is 0 Å². The molecule has 3 N–H and O–H groups in total. The Kier molecular flexibility index (Phi) is 7.78. The van der Waals surface area contributed by atoms with Crippen LogP contribution < -0.4 is 16.0 Å². The highest BCUT2D eigenvalue weighted by Crippen LogP contribution is 2.32. The monoisotopic (exact) mass is 427 g/mol. The van der Waals surface area contributed by atoms with Crippen LogP contribution in [0.3, 0.4) is 0 Å². The fourth-order valence-corrected chi connectivity index (χ4v) is 2.74. The normalized spacial score (nSPS) is 11.6. The van der Waals surface area contributed by atoms with Gasteiger partial charge < -0.3 is 16.0 Å². The van der Waals surface area contributed by atoms with E-state index in [1.165, 1.54) is 12.1 Å². The third-order valence-corrected chi connectivity index (χ3v) is 4.91. The van der Waals surface area contributed by atoms with Crippen molar-refractivity contribution in [2.75, 3.05) is 17.2 Å². The van der Waals surface area contributed by atoms with Gasteiger partial charge in [0, 0.05) is 17.3 Å². The molecule has 0 aliphatic rings. The fourth-order valence-electron chi connectivity index (χ4n) is 2.14. The Morgan fingerprint density at radius 2 is 1.63 bits per heavy atom. The lowest BCUT2D eigenvalue weighted by molar-refractivity contribution is -0.114. The molecule has 0 heterocycles. The van der Waals surface area contributed by atoms with Crippen LogP contribution in [0.5, 0.6) is 0 Å². The maximum absolute atomic E-state index is 12.1. The number of nitrogens with one attached hydrogen (secondary N) is 3. The van der Waals surface area contributed by atoms with Crippen LogP contribution in [0.2, 0.25) is 15.1 Å². The highest BCUT2D eigenvalue weighted by atomic mass is 35.5. The van der Waals surface area contributed by atoms with Crippen LogP contribution in [0, 0.1) is 0 Å². The summed E-state index contributed by atoms with van der Waals surface area (Å²) < 4.78 is 0. The molecular formula is C19H20Cl3N3O2. The number of rotatable bonds is 7. The average Bonchev–Trinajstić information content (AvgIpc) is 2.64. The highest BCUT2D eigenvalue weighted by molar-refractivity contribution is 6.44. The summed E-state index contributed by atoms with van der Waals surface area (Å²) >= 11 is 17.8. The zero-order valence-electron chi connectivity index (χ0n) is 14.9. The molecule has 27 heavy (non-hydrogen) atoms. The minimum absolute atomic E-state index is 0.0228. The first-order valence-electron chi connectivity index (χ1n) is 8.39. The Labute approximate surface area is 173 Å². The van der Waals surface area contributed by atoms with Crippen molar-refractivity contribution in [1.82, 2.24) is 5.32 Å². The minimum Gasteiger partial charge on any atom is -0.376 e. The molecule has 0 fully saturated rings. The van der Waals surface area contributed by atoms with E-state index in [2.05, 4.69) is 16.0 Å².